The first kappa shape index (κ1) is 27.0. The van der Waals surface area contributed by atoms with E-state index in [1.807, 2.05) is 19.2 Å². The third-order valence-corrected chi connectivity index (χ3v) is 7.12. The van der Waals surface area contributed by atoms with Gasteiger partial charge in [-0.05, 0) is 63.4 Å². The highest BCUT2D eigenvalue weighted by atomic mass is 32.2. The third-order valence-electron chi connectivity index (χ3n) is 5.59. The number of nitrogens with one attached hydrogen (secondary N) is 2. The van der Waals surface area contributed by atoms with Crippen molar-refractivity contribution in [2.24, 2.45) is 0 Å². The molecular formula is C26H31N5O6S. The minimum atomic E-state index is -3.99. The van der Waals surface area contributed by atoms with E-state index in [9.17, 15) is 13.2 Å². The molecular weight excluding hydrogens is 510 g/mol. The maximum Gasteiger partial charge on any atom is 0.407 e. The number of fused-ring (bicyclic) bond motifs is 1. The predicted octanol–water partition coefficient (Wildman–Crippen LogP) is 4.52. The second kappa shape index (κ2) is 10.4. The molecule has 11 nitrogen and oxygen atoms in total. The zero-order valence-corrected chi connectivity index (χ0v) is 23.0. The van der Waals surface area contributed by atoms with Crippen molar-refractivity contribution in [2.75, 3.05) is 11.8 Å². The number of sulfonamides is 1. The van der Waals surface area contributed by atoms with E-state index in [1.54, 1.807) is 62.8 Å². The molecule has 0 fully saturated rings. The van der Waals surface area contributed by atoms with Gasteiger partial charge in [-0.2, -0.15) is 5.10 Å². The molecule has 202 valence electrons. The van der Waals surface area contributed by atoms with Crippen molar-refractivity contribution in [3.05, 3.63) is 65.0 Å². The lowest BCUT2D eigenvalue weighted by molar-refractivity contribution is 0.0523. The van der Waals surface area contributed by atoms with Gasteiger partial charge in [0.1, 0.15) is 16.2 Å². The first-order valence-electron chi connectivity index (χ1n) is 11.9. The molecule has 2 aromatic heterocycles. The number of aryl methyl sites for hydroxylation is 2. The maximum atomic E-state index is 13.2. The van der Waals surface area contributed by atoms with Gasteiger partial charge in [-0.1, -0.05) is 23.4 Å². The summed E-state index contributed by atoms with van der Waals surface area (Å²) in [6, 6.07) is 8.73. The Morgan fingerprint density at radius 3 is 2.61 bits per heavy atom. The zero-order chi connectivity index (χ0) is 27.7. The van der Waals surface area contributed by atoms with Crippen LogP contribution in [0.1, 0.15) is 43.0 Å². The molecule has 0 unspecified atom stereocenters. The molecule has 2 heterocycles. The quantitative estimate of drug-likeness (QED) is 0.332. The summed E-state index contributed by atoms with van der Waals surface area (Å²) in [7, 11) is -2.57. The van der Waals surface area contributed by atoms with E-state index in [-0.39, 0.29) is 23.0 Å². The lowest BCUT2D eigenvalue weighted by Gasteiger charge is -2.19. The fourth-order valence-electron chi connectivity index (χ4n) is 4.07. The van der Waals surface area contributed by atoms with Crippen LogP contribution in [0.2, 0.25) is 0 Å². The van der Waals surface area contributed by atoms with E-state index >= 15 is 0 Å². The van der Waals surface area contributed by atoms with E-state index in [4.69, 9.17) is 14.0 Å². The van der Waals surface area contributed by atoms with Crippen LogP contribution in [0.5, 0.6) is 5.75 Å². The molecule has 4 rings (SSSR count). The number of rotatable bonds is 8. The SMILES string of the molecule is COc1cccc(C)c1S(=O)(=O)Nc1noc2cc(Cn3cc(CNC(=O)OC(C)(C)C)cn3)cc(C)c12. The second-order valence-corrected chi connectivity index (χ2v) is 11.5. The Morgan fingerprint density at radius 2 is 1.89 bits per heavy atom. The molecule has 0 atom stereocenters. The van der Waals surface area contributed by atoms with Crippen molar-refractivity contribution in [1.82, 2.24) is 20.3 Å². The summed E-state index contributed by atoms with van der Waals surface area (Å²) in [5.41, 5.74) is 2.90. The maximum absolute atomic E-state index is 13.2. The molecule has 0 aliphatic carbocycles. The standard InChI is InChI=1S/C26H31N5O6S/c1-16-8-7-9-20(35-6)23(16)38(33,34)30-24-22-17(2)10-18(11-21(22)37-29-24)14-31-15-19(13-28-31)12-27-25(32)36-26(3,4)5/h7-11,13,15H,12,14H2,1-6H3,(H,27,32)(H,29,30). The highest BCUT2D eigenvalue weighted by Gasteiger charge is 2.25. The molecule has 0 bridgehead atoms. The number of hydrogen-bond acceptors (Lipinski definition) is 8. The van der Waals surface area contributed by atoms with Gasteiger partial charge in [0, 0.05) is 18.3 Å². The summed E-state index contributed by atoms with van der Waals surface area (Å²) in [5, 5.41) is 11.6. The molecule has 12 heteroatoms. The summed E-state index contributed by atoms with van der Waals surface area (Å²) in [5.74, 6) is 0.341. The van der Waals surface area contributed by atoms with Crippen molar-refractivity contribution < 1.29 is 27.2 Å². The van der Waals surface area contributed by atoms with Gasteiger partial charge in [-0.25, -0.2) is 13.2 Å². The monoisotopic (exact) mass is 541 g/mol. The number of benzene rings is 2. The molecule has 2 aromatic carbocycles. The van der Waals surface area contributed by atoms with Gasteiger partial charge >= 0.3 is 6.09 Å². The molecule has 0 spiro atoms. The summed E-state index contributed by atoms with van der Waals surface area (Å²) >= 11 is 0. The zero-order valence-electron chi connectivity index (χ0n) is 22.2. The van der Waals surface area contributed by atoms with Crippen molar-refractivity contribution in [1.29, 1.82) is 0 Å². The van der Waals surface area contributed by atoms with E-state index < -0.39 is 21.7 Å². The van der Waals surface area contributed by atoms with Crippen LogP contribution in [0.3, 0.4) is 0 Å². The van der Waals surface area contributed by atoms with Gasteiger partial charge in [0.05, 0.1) is 25.2 Å². The highest BCUT2D eigenvalue weighted by Crippen LogP contribution is 2.33. The normalized spacial score (nSPS) is 11.9. The number of carbonyl (C=O) groups excluding carboxylic acids is 1. The molecule has 1 amide bonds. The summed E-state index contributed by atoms with van der Waals surface area (Å²) in [6.07, 6.45) is 3.00. The van der Waals surface area contributed by atoms with Crippen LogP contribution in [-0.4, -0.2) is 42.2 Å². The minimum absolute atomic E-state index is 0.0450. The van der Waals surface area contributed by atoms with Gasteiger partial charge in [-0.3, -0.25) is 9.40 Å². The van der Waals surface area contributed by atoms with E-state index in [1.165, 1.54) is 7.11 Å². The predicted molar refractivity (Wildman–Crippen MR) is 142 cm³/mol. The number of alkyl carbamates (subject to hydrolysis) is 1. The molecule has 4 aromatic rings. The van der Waals surface area contributed by atoms with Crippen LogP contribution >= 0.6 is 0 Å². The molecule has 0 radical (unpaired) electrons. The number of methoxy groups -OCH3 is 1. The van der Waals surface area contributed by atoms with Crippen LogP contribution in [-0.2, 0) is 27.8 Å². The Balaban J connectivity index is 1.50. The van der Waals surface area contributed by atoms with Crippen molar-refractivity contribution in [3.63, 3.8) is 0 Å². The van der Waals surface area contributed by atoms with E-state index in [0.29, 0.717) is 23.1 Å². The smallest absolute Gasteiger partial charge is 0.407 e. The Labute approximate surface area is 221 Å². The first-order valence-corrected chi connectivity index (χ1v) is 13.4. The van der Waals surface area contributed by atoms with Gasteiger partial charge in [0.2, 0.25) is 0 Å². The average Bonchev–Trinajstić information content (AvgIpc) is 3.43. The van der Waals surface area contributed by atoms with Crippen molar-refractivity contribution >= 4 is 32.9 Å². The Bertz CT molecular complexity index is 1580. The number of aromatic nitrogens is 3. The summed E-state index contributed by atoms with van der Waals surface area (Å²) < 4.78 is 46.7. The van der Waals surface area contributed by atoms with Crippen LogP contribution < -0.4 is 14.8 Å². The molecule has 0 aliphatic rings. The van der Waals surface area contributed by atoms with E-state index in [0.717, 1.165) is 16.7 Å². The van der Waals surface area contributed by atoms with Gasteiger partial charge < -0.3 is 19.3 Å². The van der Waals surface area contributed by atoms with Crippen LogP contribution in [0.25, 0.3) is 11.0 Å². The number of anilines is 1. The molecule has 2 N–H and O–H groups in total. The first-order chi connectivity index (χ1) is 17.9. The van der Waals surface area contributed by atoms with Gasteiger partial charge in [0.15, 0.2) is 11.4 Å². The molecule has 38 heavy (non-hydrogen) atoms. The summed E-state index contributed by atoms with van der Waals surface area (Å²) in [4.78, 5) is 11.9. The van der Waals surface area contributed by atoms with Gasteiger partial charge in [0.25, 0.3) is 10.0 Å². The number of amides is 1. The average molecular weight is 542 g/mol. The van der Waals surface area contributed by atoms with Crippen LogP contribution in [0, 0.1) is 13.8 Å². The molecule has 0 aliphatic heterocycles. The number of carbonyl (C=O) groups is 1. The minimum Gasteiger partial charge on any atom is -0.495 e. The van der Waals surface area contributed by atoms with E-state index in [2.05, 4.69) is 20.3 Å². The topological polar surface area (TPSA) is 138 Å². The highest BCUT2D eigenvalue weighted by molar-refractivity contribution is 7.92. The van der Waals surface area contributed by atoms with Crippen molar-refractivity contribution in [2.45, 2.75) is 58.2 Å². The Kier molecular flexibility index (Phi) is 7.36. The number of nitrogens with zero attached hydrogens (tertiary/aromatic N) is 3. The Hall–Kier alpha value is -4.06. The van der Waals surface area contributed by atoms with Crippen LogP contribution in [0.4, 0.5) is 10.6 Å². The third kappa shape index (κ3) is 6.08. The lowest BCUT2D eigenvalue weighted by Crippen LogP contribution is -2.32. The fourth-order valence-corrected chi connectivity index (χ4v) is 5.48. The fraction of sp³-hybridized carbons (Fsp3) is 0.346. The number of ether oxygens (including phenoxy) is 2. The molecule has 0 saturated carbocycles. The van der Waals surface area contributed by atoms with Crippen LogP contribution in [0.15, 0.2) is 52.1 Å². The Morgan fingerprint density at radius 1 is 1.13 bits per heavy atom. The molecule has 0 saturated heterocycles. The number of hydrogen-bond donors (Lipinski definition) is 2. The second-order valence-electron chi connectivity index (χ2n) is 9.93. The van der Waals surface area contributed by atoms with Crippen molar-refractivity contribution in [3.8, 4) is 5.75 Å². The lowest BCUT2D eigenvalue weighted by atomic mass is 10.1. The van der Waals surface area contributed by atoms with Gasteiger partial charge in [-0.15, -0.1) is 0 Å². The largest absolute Gasteiger partial charge is 0.495 e. The summed E-state index contributed by atoms with van der Waals surface area (Å²) in [6.45, 7) is 9.68.